The van der Waals surface area contributed by atoms with Crippen molar-refractivity contribution in [3.05, 3.63) is 73.5 Å². The van der Waals surface area contributed by atoms with E-state index >= 15 is 0 Å². The van der Waals surface area contributed by atoms with Crippen molar-refractivity contribution >= 4 is 38.5 Å². The standard InChI is InChI=1S/C16H10BrClO3/c17-13-8-12(18)7-10(15(13)19)6-11-5-9-3-1-2-4-14(9)21-16(11)20/h1-5,7-8,19H,6H2. The van der Waals surface area contributed by atoms with Crippen molar-refractivity contribution in [3.8, 4) is 5.75 Å². The molecule has 0 fully saturated rings. The van der Waals surface area contributed by atoms with Crippen molar-refractivity contribution in [1.82, 2.24) is 0 Å². The van der Waals surface area contributed by atoms with Gasteiger partial charge in [-0.3, -0.25) is 0 Å². The number of phenolic OH excluding ortho intramolecular Hbond substituents is 1. The molecule has 0 unspecified atom stereocenters. The van der Waals surface area contributed by atoms with Crippen molar-refractivity contribution in [2.24, 2.45) is 0 Å². The van der Waals surface area contributed by atoms with Crippen LogP contribution in [0.2, 0.25) is 5.02 Å². The fraction of sp³-hybridized carbons (Fsp3) is 0.0625. The van der Waals surface area contributed by atoms with Crippen molar-refractivity contribution < 1.29 is 9.52 Å². The van der Waals surface area contributed by atoms with Gasteiger partial charge in [0.15, 0.2) is 0 Å². The van der Waals surface area contributed by atoms with Crippen molar-refractivity contribution in [1.29, 1.82) is 0 Å². The minimum Gasteiger partial charge on any atom is -0.506 e. The molecule has 5 heteroatoms. The average molecular weight is 366 g/mol. The molecule has 0 atom stereocenters. The molecule has 2 aromatic carbocycles. The van der Waals surface area contributed by atoms with Gasteiger partial charge in [-0.1, -0.05) is 29.8 Å². The lowest BCUT2D eigenvalue weighted by molar-refractivity contribution is 0.465. The topological polar surface area (TPSA) is 50.4 Å². The van der Waals surface area contributed by atoms with Crippen molar-refractivity contribution in [3.63, 3.8) is 0 Å². The van der Waals surface area contributed by atoms with Gasteiger partial charge in [-0.2, -0.15) is 0 Å². The third-order valence-electron chi connectivity index (χ3n) is 3.20. The summed E-state index contributed by atoms with van der Waals surface area (Å²) in [5.41, 5.74) is 1.17. The number of fused-ring (bicyclic) bond motifs is 1. The Balaban J connectivity index is 2.10. The molecule has 0 amide bonds. The maximum atomic E-state index is 12.0. The number of halogens is 2. The van der Waals surface area contributed by atoms with Crippen LogP contribution in [0.1, 0.15) is 11.1 Å². The predicted molar refractivity (Wildman–Crippen MR) is 86.1 cm³/mol. The Morgan fingerprint density at radius 3 is 2.71 bits per heavy atom. The quantitative estimate of drug-likeness (QED) is 0.680. The van der Waals surface area contributed by atoms with E-state index in [0.29, 0.717) is 26.2 Å². The molecule has 21 heavy (non-hydrogen) atoms. The molecule has 0 saturated carbocycles. The zero-order valence-corrected chi connectivity index (χ0v) is 13.1. The molecular weight excluding hydrogens is 356 g/mol. The van der Waals surface area contributed by atoms with Crippen molar-refractivity contribution in [2.45, 2.75) is 6.42 Å². The van der Waals surface area contributed by atoms with E-state index in [1.165, 1.54) is 0 Å². The van der Waals surface area contributed by atoms with Crippen LogP contribution in [0.5, 0.6) is 5.75 Å². The van der Waals surface area contributed by atoms with Crippen LogP contribution in [-0.2, 0) is 6.42 Å². The fourth-order valence-corrected chi connectivity index (χ4v) is 3.06. The SMILES string of the molecule is O=c1oc2ccccc2cc1Cc1cc(Cl)cc(Br)c1O. The number of para-hydroxylation sites is 1. The zero-order chi connectivity index (χ0) is 15.0. The van der Waals surface area contributed by atoms with Crippen LogP contribution in [0.25, 0.3) is 11.0 Å². The Labute approximate surface area is 133 Å². The highest BCUT2D eigenvalue weighted by Gasteiger charge is 2.12. The summed E-state index contributed by atoms with van der Waals surface area (Å²) in [5.74, 6) is 0.0759. The number of phenols is 1. The number of benzene rings is 2. The van der Waals surface area contributed by atoms with Gasteiger partial charge in [0, 0.05) is 28.0 Å². The lowest BCUT2D eigenvalue weighted by Crippen LogP contribution is -2.07. The summed E-state index contributed by atoms with van der Waals surface area (Å²) in [7, 11) is 0. The van der Waals surface area contributed by atoms with E-state index in [-0.39, 0.29) is 12.2 Å². The second-order valence-corrected chi connectivity index (χ2v) is 5.96. The number of hydrogen-bond donors (Lipinski definition) is 1. The summed E-state index contributed by atoms with van der Waals surface area (Å²) in [4.78, 5) is 12.0. The van der Waals surface area contributed by atoms with E-state index in [1.54, 1.807) is 24.3 Å². The first-order chi connectivity index (χ1) is 10.0. The van der Waals surface area contributed by atoms with Crippen LogP contribution >= 0.6 is 27.5 Å². The van der Waals surface area contributed by atoms with E-state index in [2.05, 4.69) is 15.9 Å². The minimum absolute atomic E-state index is 0.0759. The van der Waals surface area contributed by atoms with Crippen LogP contribution in [0.3, 0.4) is 0 Å². The van der Waals surface area contributed by atoms with Gasteiger partial charge < -0.3 is 9.52 Å². The molecular formula is C16H10BrClO3. The van der Waals surface area contributed by atoms with Crippen molar-refractivity contribution in [2.75, 3.05) is 0 Å². The fourth-order valence-electron chi connectivity index (χ4n) is 2.19. The Hall–Kier alpha value is -1.78. The minimum atomic E-state index is -0.413. The van der Waals surface area contributed by atoms with E-state index in [0.717, 1.165) is 5.39 Å². The lowest BCUT2D eigenvalue weighted by atomic mass is 10.0. The molecule has 1 N–H and O–H groups in total. The molecule has 0 aliphatic carbocycles. The first-order valence-corrected chi connectivity index (χ1v) is 7.40. The summed E-state index contributed by atoms with van der Waals surface area (Å²) >= 11 is 9.21. The summed E-state index contributed by atoms with van der Waals surface area (Å²) in [6, 6.07) is 12.3. The molecule has 0 radical (unpaired) electrons. The Morgan fingerprint density at radius 1 is 1.14 bits per heavy atom. The number of rotatable bonds is 2. The zero-order valence-electron chi connectivity index (χ0n) is 10.8. The summed E-state index contributed by atoms with van der Waals surface area (Å²) in [5, 5.41) is 11.4. The third kappa shape index (κ3) is 2.82. The highest BCUT2D eigenvalue weighted by Crippen LogP contribution is 2.32. The Morgan fingerprint density at radius 2 is 1.90 bits per heavy atom. The van der Waals surface area contributed by atoms with Crippen LogP contribution in [0, 0.1) is 0 Å². The van der Waals surface area contributed by atoms with Crippen LogP contribution < -0.4 is 5.63 Å². The molecule has 0 bridgehead atoms. The van der Waals surface area contributed by atoms with Gasteiger partial charge >= 0.3 is 5.63 Å². The number of aromatic hydroxyl groups is 1. The van der Waals surface area contributed by atoms with Crippen LogP contribution in [0.4, 0.5) is 0 Å². The Bertz CT molecular complexity index is 886. The monoisotopic (exact) mass is 364 g/mol. The van der Waals surface area contributed by atoms with E-state index in [4.69, 9.17) is 16.0 Å². The van der Waals surface area contributed by atoms with E-state index in [1.807, 2.05) is 18.2 Å². The number of hydrogen-bond acceptors (Lipinski definition) is 3. The lowest BCUT2D eigenvalue weighted by Gasteiger charge is -2.07. The van der Waals surface area contributed by atoms with Gasteiger partial charge in [0.1, 0.15) is 11.3 Å². The molecule has 0 aliphatic heterocycles. The van der Waals surface area contributed by atoms with Gasteiger partial charge in [-0.05, 0) is 40.2 Å². The normalized spacial score (nSPS) is 11.0. The second-order valence-electron chi connectivity index (χ2n) is 4.67. The molecule has 1 heterocycles. The molecule has 0 spiro atoms. The van der Waals surface area contributed by atoms with Gasteiger partial charge in [-0.15, -0.1) is 0 Å². The maximum absolute atomic E-state index is 12.0. The molecule has 0 saturated heterocycles. The van der Waals surface area contributed by atoms with E-state index < -0.39 is 5.63 Å². The first kappa shape index (κ1) is 14.2. The first-order valence-electron chi connectivity index (χ1n) is 6.23. The molecule has 0 aliphatic rings. The average Bonchev–Trinajstić information content (AvgIpc) is 2.45. The van der Waals surface area contributed by atoms with Gasteiger partial charge in [-0.25, -0.2) is 4.79 Å². The van der Waals surface area contributed by atoms with Crippen LogP contribution in [0.15, 0.2) is 56.1 Å². The predicted octanol–water partition coefficient (Wildman–Crippen LogP) is 4.51. The van der Waals surface area contributed by atoms with Crippen LogP contribution in [-0.4, -0.2) is 5.11 Å². The molecule has 3 rings (SSSR count). The molecule has 1 aromatic heterocycles. The summed E-state index contributed by atoms with van der Waals surface area (Å²) in [6.07, 6.45) is 0.248. The summed E-state index contributed by atoms with van der Waals surface area (Å²) in [6.45, 7) is 0. The smallest absolute Gasteiger partial charge is 0.339 e. The van der Waals surface area contributed by atoms with E-state index in [9.17, 15) is 9.90 Å². The van der Waals surface area contributed by atoms with Gasteiger partial charge in [0.2, 0.25) is 0 Å². The molecule has 106 valence electrons. The highest BCUT2D eigenvalue weighted by molar-refractivity contribution is 9.10. The van der Waals surface area contributed by atoms with Gasteiger partial charge in [0.05, 0.1) is 4.47 Å². The largest absolute Gasteiger partial charge is 0.506 e. The molecule has 3 nitrogen and oxygen atoms in total. The summed E-state index contributed by atoms with van der Waals surface area (Å²) < 4.78 is 5.78. The highest BCUT2D eigenvalue weighted by atomic mass is 79.9. The molecule has 3 aromatic rings. The van der Waals surface area contributed by atoms with Gasteiger partial charge in [0.25, 0.3) is 0 Å². The third-order valence-corrected chi connectivity index (χ3v) is 4.02. The second kappa shape index (κ2) is 5.54. The maximum Gasteiger partial charge on any atom is 0.339 e. The Kier molecular flexibility index (Phi) is 3.74.